The summed E-state index contributed by atoms with van der Waals surface area (Å²) in [6, 6.07) is 0. The van der Waals surface area contributed by atoms with Gasteiger partial charge < -0.3 is 5.11 Å². The van der Waals surface area contributed by atoms with Crippen molar-refractivity contribution in [2.45, 2.75) is 65.2 Å². The van der Waals surface area contributed by atoms with Gasteiger partial charge in [-0.25, -0.2) is 0 Å². The minimum atomic E-state index is 0.357. The van der Waals surface area contributed by atoms with Crippen LogP contribution in [0.2, 0.25) is 0 Å². The van der Waals surface area contributed by atoms with E-state index < -0.39 is 0 Å². The molecule has 0 aliphatic heterocycles. The molecule has 0 aromatic rings. The zero-order valence-corrected chi connectivity index (χ0v) is 9.68. The van der Waals surface area contributed by atoms with Crippen LogP contribution in [0.5, 0.6) is 0 Å². The monoisotopic (exact) mass is 196 g/mol. The van der Waals surface area contributed by atoms with Gasteiger partial charge in [0, 0.05) is 5.92 Å². The Morgan fingerprint density at radius 3 is 2.14 bits per heavy atom. The number of hydrogen-bond acceptors (Lipinski definition) is 1. The zero-order chi connectivity index (χ0) is 10.6. The molecule has 0 aliphatic rings. The molecule has 0 saturated heterocycles. The summed E-state index contributed by atoms with van der Waals surface area (Å²) in [6.45, 7) is 4.32. The van der Waals surface area contributed by atoms with Crippen molar-refractivity contribution in [1.29, 1.82) is 0 Å². The second-order valence-electron chi connectivity index (χ2n) is 4.07. The highest BCUT2D eigenvalue weighted by atomic mass is 16.2. The lowest BCUT2D eigenvalue weighted by Gasteiger charge is -2.03. The number of rotatable bonds is 8. The Morgan fingerprint density at radius 1 is 1.00 bits per heavy atom. The van der Waals surface area contributed by atoms with Crippen molar-refractivity contribution >= 4 is 0 Å². The normalized spacial score (nSPS) is 11.9. The number of aliphatic hydroxyl groups excluding tert-OH is 1. The molecule has 0 bridgehead atoms. The van der Waals surface area contributed by atoms with E-state index in [0.29, 0.717) is 5.92 Å². The summed E-state index contributed by atoms with van der Waals surface area (Å²) in [4.78, 5) is 0. The van der Waals surface area contributed by atoms with Crippen molar-refractivity contribution < 1.29 is 5.11 Å². The van der Waals surface area contributed by atoms with Crippen molar-refractivity contribution in [3.63, 3.8) is 0 Å². The minimum absolute atomic E-state index is 0.357. The van der Waals surface area contributed by atoms with Crippen LogP contribution in [0.25, 0.3) is 0 Å². The summed E-state index contributed by atoms with van der Waals surface area (Å²) < 4.78 is 0. The lowest BCUT2D eigenvalue weighted by Crippen LogP contribution is -1.90. The van der Waals surface area contributed by atoms with E-state index in [1.54, 1.807) is 0 Å². The predicted octanol–water partition coefficient (Wildman–Crippen LogP) is 4.10. The topological polar surface area (TPSA) is 20.2 Å². The molecule has 82 valence electrons. The highest BCUT2D eigenvalue weighted by molar-refractivity contribution is 4.94. The fourth-order valence-corrected chi connectivity index (χ4v) is 1.59. The maximum Gasteiger partial charge on any atom is 0.107 e. The molecule has 14 heavy (non-hydrogen) atoms. The standard InChI is InChI=1S/C13H24O/c1-3-4-5-6-7-8-9-10-13(2)11-12-14/h13-14H,3-10H2,1-2H3. The van der Waals surface area contributed by atoms with Gasteiger partial charge in [-0.1, -0.05) is 64.7 Å². The van der Waals surface area contributed by atoms with E-state index >= 15 is 0 Å². The Kier molecular flexibility index (Phi) is 9.96. The van der Waals surface area contributed by atoms with E-state index in [9.17, 15) is 0 Å². The van der Waals surface area contributed by atoms with Gasteiger partial charge in [-0.3, -0.25) is 0 Å². The lowest BCUT2D eigenvalue weighted by molar-refractivity contribution is 0.507. The Hall–Kier alpha value is -0.640. The average Bonchev–Trinajstić information content (AvgIpc) is 2.17. The molecule has 0 aliphatic carbocycles. The molecule has 0 spiro atoms. The SMILES string of the molecule is CCCCCCCCCC(C)C#CO. The summed E-state index contributed by atoms with van der Waals surface area (Å²) in [5.74, 6) is 3.12. The van der Waals surface area contributed by atoms with Crippen LogP contribution in [0.1, 0.15) is 65.2 Å². The van der Waals surface area contributed by atoms with E-state index in [-0.39, 0.29) is 0 Å². The molecule has 0 aromatic carbocycles. The van der Waals surface area contributed by atoms with Crippen LogP contribution in [0.4, 0.5) is 0 Å². The van der Waals surface area contributed by atoms with E-state index in [1.807, 2.05) is 6.11 Å². The van der Waals surface area contributed by atoms with Gasteiger partial charge in [-0.05, 0) is 6.42 Å². The van der Waals surface area contributed by atoms with Crippen LogP contribution >= 0.6 is 0 Å². The molecule has 0 rings (SSSR count). The van der Waals surface area contributed by atoms with Crippen molar-refractivity contribution in [2.24, 2.45) is 5.92 Å². The Bertz CT molecular complexity index is 164. The van der Waals surface area contributed by atoms with Gasteiger partial charge in [0.25, 0.3) is 0 Å². The molecule has 0 aromatic heterocycles. The fourth-order valence-electron chi connectivity index (χ4n) is 1.59. The fraction of sp³-hybridized carbons (Fsp3) is 0.846. The van der Waals surface area contributed by atoms with Crippen molar-refractivity contribution in [3.8, 4) is 12.0 Å². The van der Waals surface area contributed by atoms with E-state index in [0.717, 1.165) is 6.42 Å². The highest BCUT2D eigenvalue weighted by Gasteiger charge is 1.97. The zero-order valence-electron chi connectivity index (χ0n) is 9.68. The van der Waals surface area contributed by atoms with Crippen LogP contribution in [0, 0.1) is 17.9 Å². The van der Waals surface area contributed by atoms with Gasteiger partial charge in [0.1, 0.15) is 6.11 Å². The third-order valence-electron chi connectivity index (χ3n) is 2.55. The molecular weight excluding hydrogens is 172 g/mol. The van der Waals surface area contributed by atoms with Gasteiger partial charge in [-0.15, -0.1) is 0 Å². The second kappa shape index (κ2) is 10.4. The number of hydrogen-bond donors (Lipinski definition) is 1. The Labute approximate surface area is 88.9 Å². The maximum absolute atomic E-state index is 8.38. The summed E-state index contributed by atoms with van der Waals surface area (Å²) >= 11 is 0. The van der Waals surface area contributed by atoms with Crippen LogP contribution in [0.3, 0.4) is 0 Å². The van der Waals surface area contributed by atoms with E-state index in [2.05, 4.69) is 19.8 Å². The summed E-state index contributed by atoms with van der Waals surface area (Å²) in [7, 11) is 0. The molecule has 1 N–H and O–H groups in total. The smallest absolute Gasteiger partial charge is 0.107 e. The predicted molar refractivity (Wildman–Crippen MR) is 61.5 cm³/mol. The lowest BCUT2D eigenvalue weighted by atomic mass is 10.0. The number of unbranched alkanes of at least 4 members (excludes halogenated alkanes) is 6. The molecule has 0 fully saturated rings. The maximum atomic E-state index is 8.38. The van der Waals surface area contributed by atoms with Gasteiger partial charge in [0.15, 0.2) is 0 Å². The third kappa shape index (κ3) is 9.45. The van der Waals surface area contributed by atoms with Gasteiger partial charge in [0.2, 0.25) is 0 Å². The van der Waals surface area contributed by atoms with E-state index in [1.165, 1.54) is 44.9 Å². The molecule has 0 amide bonds. The first-order chi connectivity index (χ1) is 6.81. The van der Waals surface area contributed by atoms with Gasteiger partial charge in [0.05, 0.1) is 0 Å². The molecular formula is C13H24O. The van der Waals surface area contributed by atoms with Crippen LogP contribution in [0.15, 0.2) is 0 Å². The van der Waals surface area contributed by atoms with Gasteiger partial charge >= 0.3 is 0 Å². The molecule has 0 heterocycles. The largest absolute Gasteiger partial charge is 0.462 e. The minimum Gasteiger partial charge on any atom is -0.462 e. The summed E-state index contributed by atoms with van der Waals surface area (Å²) in [6.07, 6.45) is 12.5. The van der Waals surface area contributed by atoms with Crippen LogP contribution in [-0.4, -0.2) is 5.11 Å². The van der Waals surface area contributed by atoms with Crippen LogP contribution in [-0.2, 0) is 0 Å². The van der Waals surface area contributed by atoms with Gasteiger partial charge in [-0.2, -0.15) is 0 Å². The molecule has 1 unspecified atom stereocenters. The first kappa shape index (κ1) is 13.4. The van der Waals surface area contributed by atoms with E-state index in [4.69, 9.17) is 5.11 Å². The highest BCUT2D eigenvalue weighted by Crippen LogP contribution is 2.11. The average molecular weight is 196 g/mol. The Balaban J connectivity index is 3.08. The number of aliphatic hydroxyl groups is 1. The third-order valence-corrected chi connectivity index (χ3v) is 2.55. The second-order valence-corrected chi connectivity index (χ2v) is 4.07. The van der Waals surface area contributed by atoms with Crippen molar-refractivity contribution in [1.82, 2.24) is 0 Å². The van der Waals surface area contributed by atoms with Crippen LogP contribution < -0.4 is 0 Å². The first-order valence-electron chi connectivity index (χ1n) is 5.95. The molecule has 1 heteroatoms. The Morgan fingerprint density at radius 2 is 1.57 bits per heavy atom. The molecule has 0 radical (unpaired) electrons. The summed E-state index contributed by atoms with van der Waals surface area (Å²) in [5, 5.41) is 8.38. The summed E-state index contributed by atoms with van der Waals surface area (Å²) in [5.41, 5.74) is 0. The molecule has 0 saturated carbocycles. The molecule has 1 atom stereocenters. The van der Waals surface area contributed by atoms with Crippen molar-refractivity contribution in [3.05, 3.63) is 0 Å². The first-order valence-corrected chi connectivity index (χ1v) is 5.95. The van der Waals surface area contributed by atoms with Crippen molar-refractivity contribution in [2.75, 3.05) is 0 Å². The molecule has 1 nitrogen and oxygen atoms in total. The quantitative estimate of drug-likeness (QED) is 0.458.